The first-order valence-corrected chi connectivity index (χ1v) is 7.43. The number of hydrogen-bond donors (Lipinski definition) is 1. The van der Waals surface area contributed by atoms with Crippen LogP contribution in [0.1, 0.15) is 17.1 Å². The molecule has 5 heteroatoms. The van der Waals surface area contributed by atoms with E-state index in [1.165, 1.54) is 0 Å². The van der Waals surface area contributed by atoms with Gasteiger partial charge in [0.25, 0.3) is 0 Å². The second-order valence-electron chi connectivity index (χ2n) is 5.45. The van der Waals surface area contributed by atoms with Crippen LogP contribution in [0.5, 0.6) is 0 Å². The second-order valence-corrected chi connectivity index (χ2v) is 5.45. The lowest BCUT2D eigenvalue weighted by molar-refractivity contribution is 0.229. The quantitative estimate of drug-likeness (QED) is 0.928. The monoisotopic (exact) mass is 286 g/mol. The van der Waals surface area contributed by atoms with Crippen LogP contribution in [-0.2, 0) is 13.1 Å². The minimum Gasteiger partial charge on any atom is -0.465 e. The Labute approximate surface area is 125 Å². The Hall–Kier alpha value is -1.85. The van der Waals surface area contributed by atoms with E-state index in [0.29, 0.717) is 6.54 Å². The number of nitrogens with two attached hydrogens (primary N) is 1. The van der Waals surface area contributed by atoms with Crippen LogP contribution in [0.4, 0.5) is 5.82 Å². The number of aryl methyl sites for hydroxylation is 1. The molecule has 2 aromatic heterocycles. The SMILES string of the molecule is Cc1oc(CN2CCN(c3ccccn3)CC2)cc1CN. The van der Waals surface area contributed by atoms with Gasteiger partial charge in [-0.1, -0.05) is 6.07 Å². The van der Waals surface area contributed by atoms with Crippen LogP contribution in [0.2, 0.25) is 0 Å². The van der Waals surface area contributed by atoms with Gasteiger partial charge in [0.15, 0.2) is 0 Å². The summed E-state index contributed by atoms with van der Waals surface area (Å²) in [5.41, 5.74) is 6.80. The number of anilines is 1. The van der Waals surface area contributed by atoms with Crippen LogP contribution in [-0.4, -0.2) is 36.1 Å². The van der Waals surface area contributed by atoms with Gasteiger partial charge in [-0.15, -0.1) is 0 Å². The van der Waals surface area contributed by atoms with Gasteiger partial charge in [0, 0.05) is 44.5 Å². The number of pyridine rings is 1. The van der Waals surface area contributed by atoms with E-state index in [4.69, 9.17) is 10.2 Å². The first-order valence-electron chi connectivity index (χ1n) is 7.43. The fourth-order valence-corrected chi connectivity index (χ4v) is 2.76. The molecule has 0 aliphatic carbocycles. The van der Waals surface area contributed by atoms with Crippen LogP contribution >= 0.6 is 0 Å². The van der Waals surface area contributed by atoms with Crippen molar-refractivity contribution < 1.29 is 4.42 Å². The van der Waals surface area contributed by atoms with Crippen molar-refractivity contribution in [3.05, 3.63) is 47.5 Å². The van der Waals surface area contributed by atoms with Gasteiger partial charge >= 0.3 is 0 Å². The summed E-state index contributed by atoms with van der Waals surface area (Å²) in [6.07, 6.45) is 1.85. The normalized spacial score (nSPS) is 16.4. The molecule has 1 fully saturated rings. The molecule has 3 heterocycles. The Morgan fingerprint density at radius 3 is 2.67 bits per heavy atom. The van der Waals surface area contributed by atoms with Gasteiger partial charge < -0.3 is 15.1 Å². The highest BCUT2D eigenvalue weighted by Crippen LogP contribution is 2.18. The highest BCUT2D eigenvalue weighted by Gasteiger charge is 2.19. The first kappa shape index (κ1) is 14.1. The Morgan fingerprint density at radius 1 is 1.24 bits per heavy atom. The van der Waals surface area contributed by atoms with Gasteiger partial charge in [0.05, 0.1) is 6.54 Å². The minimum absolute atomic E-state index is 0.544. The third-order valence-corrected chi connectivity index (χ3v) is 4.02. The summed E-state index contributed by atoms with van der Waals surface area (Å²) in [6, 6.07) is 8.14. The van der Waals surface area contributed by atoms with Crippen LogP contribution in [0.15, 0.2) is 34.9 Å². The molecule has 0 spiro atoms. The molecule has 21 heavy (non-hydrogen) atoms. The van der Waals surface area contributed by atoms with Crippen LogP contribution in [0.3, 0.4) is 0 Å². The zero-order valence-electron chi connectivity index (χ0n) is 12.5. The van der Waals surface area contributed by atoms with Crippen molar-refractivity contribution in [3.63, 3.8) is 0 Å². The van der Waals surface area contributed by atoms with Gasteiger partial charge in [0.2, 0.25) is 0 Å². The summed E-state index contributed by atoms with van der Waals surface area (Å²) >= 11 is 0. The van der Waals surface area contributed by atoms with E-state index in [1.54, 1.807) is 0 Å². The number of piperazine rings is 1. The maximum Gasteiger partial charge on any atom is 0.128 e. The Balaban J connectivity index is 1.56. The molecule has 1 aliphatic heterocycles. The van der Waals surface area contributed by atoms with Gasteiger partial charge in [0.1, 0.15) is 17.3 Å². The lowest BCUT2D eigenvalue weighted by atomic mass is 10.2. The van der Waals surface area contributed by atoms with Crippen molar-refractivity contribution in [3.8, 4) is 0 Å². The van der Waals surface area contributed by atoms with Crippen molar-refractivity contribution >= 4 is 5.82 Å². The van der Waals surface area contributed by atoms with Gasteiger partial charge in [-0.25, -0.2) is 4.98 Å². The average molecular weight is 286 g/mol. The summed E-state index contributed by atoms with van der Waals surface area (Å²) < 4.78 is 5.77. The standard InChI is InChI=1S/C16H22N4O/c1-13-14(11-17)10-15(21-13)12-19-6-8-20(9-7-19)16-4-2-3-5-18-16/h2-5,10H,6-9,11-12,17H2,1H3. The summed E-state index contributed by atoms with van der Waals surface area (Å²) in [5, 5.41) is 0. The number of rotatable bonds is 4. The van der Waals surface area contributed by atoms with Gasteiger partial charge in [-0.3, -0.25) is 4.90 Å². The zero-order chi connectivity index (χ0) is 14.7. The van der Waals surface area contributed by atoms with Gasteiger partial charge in [-0.2, -0.15) is 0 Å². The third kappa shape index (κ3) is 3.25. The average Bonchev–Trinajstić information content (AvgIpc) is 2.88. The zero-order valence-corrected chi connectivity index (χ0v) is 12.5. The molecule has 112 valence electrons. The van der Waals surface area contributed by atoms with E-state index in [1.807, 2.05) is 25.3 Å². The molecule has 3 rings (SSSR count). The summed E-state index contributed by atoms with van der Waals surface area (Å²) in [7, 11) is 0. The van der Waals surface area contributed by atoms with Crippen molar-refractivity contribution in [2.75, 3.05) is 31.1 Å². The first-order chi connectivity index (χ1) is 10.3. The minimum atomic E-state index is 0.544. The largest absolute Gasteiger partial charge is 0.465 e. The second kappa shape index (κ2) is 6.28. The van der Waals surface area contributed by atoms with Crippen molar-refractivity contribution in [1.29, 1.82) is 0 Å². The Bertz CT molecular complexity index is 573. The molecule has 0 radical (unpaired) electrons. The summed E-state index contributed by atoms with van der Waals surface area (Å²) in [6.45, 7) is 7.42. The van der Waals surface area contributed by atoms with Crippen LogP contribution < -0.4 is 10.6 Å². The Kier molecular flexibility index (Phi) is 4.22. The van der Waals surface area contributed by atoms with E-state index in [2.05, 4.69) is 26.9 Å². The highest BCUT2D eigenvalue weighted by molar-refractivity contribution is 5.38. The van der Waals surface area contributed by atoms with Crippen molar-refractivity contribution in [2.45, 2.75) is 20.0 Å². The molecule has 1 saturated heterocycles. The van der Waals surface area contributed by atoms with Gasteiger partial charge in [-0.05, 0) is 25.1 Å². The number of nitrogens with zero attached hydrogens (tertiary/aromatic N) is 3. The molecule has 5 nitrogen and oxygen atoms in total. The summed E-state index contributed by atoms with van der Waals surface area (Å²) in [4.78, 5) is 9.16. The smallest absolute Gasteiger partial charge is 0.128 e. The topological polar surface area (TPSA) is 58.5 Å². The maximum absolute atomic E-state index is 5.77. The molecule has 2 aromatic rings. The molecular weight excluding hydrogens is 264 g/mol. The lowest BCUT2D eigenvalue weighted by Crippen LogP contribution is -2.46. The number of furan rings is 1. The third-order valence-electron chi connectivity index (χ3n) is 4.02. The molecule has 0 saturated carbocycles. The molecule has 1 aliphatic rings. The van der Waals surface area contributed by atoms with E-state index in [-0.39, 0.29) is 0 Å². The van der Waals surface area contributed by atoms with Crippen LogP contribution in [0.25, 0.3) is 0 Å². The number of hydrogen-bond acceptors (Lipinski definition) is 5. The fourth-order valence-electron chi connectivity index (χ4n) is 2.76. The van der Waals surface area contributed by atoms with E-state index >= 15 is 0 Å². The predicted molar refractivity (Wildman–Crippen MR) is 83.1 cm³/mol. The van der Waals surface area contributed by atoms with Crippen molar-refractivity contribution in [1.82, 2.24) is 9.88 Å². The van der Waals surface area contributed by atoms with Crippen molar-refractivity contribution in [2.24, 2.45) is 5.73 Å². The number of aromatic nitrogens is 1. The highest BCUT2D eigenvalue weighted by atomic mass is 16.3. The molecular formula is C16H22N4O. The molecule has 0 bridgehead atoms. The molecule has 0 amide bonds. The van der Waals surface area contributed by atoms with E-state index in [0.717, 1.165) is 55.6 Å². The van der Waals surface area contributed by atoms with Crippen LogP contribution in [0, 0.1) is 6.92 Å². The predicted octanol–water partition coefficient (Wildman–Crippen LogP) is 1.76. The fraction of sp³-hybridized carbons (Fsp3) is 0.438. The Morgan fingerprint density at radius 2 is 2.05 bits per heavy atom. The summed E-state index contributed by atoms with van der Waals surface area (Å²) in [5.74, 6) is 3.02. The molecule has 0 aromatic carbocycles. The van der Waals surface area contributed by atoms with E-state index in [9.17, 15) is 0 Å². The molecule has 0 atom stereocenters. The maximum atomic E-state index is 5.77. The van der Waals surface area contributed by atoms with E-state index < -0.39 is 0 Å². The molecule has 0 unspecified atom stereocenters. The lowest BCUT2D eigenvalue weighted by Gasteiger charge is -2.34. The molecule has 2 N–H and O–H groups in total.